The number of nitrogens with one attached hydrogen (secondary N) is 1. The molecule has 6 nitrogen and oxygen atoms in total. The Balaban J connectivity index is 1.79. The first kappa shape index (κ1) is 18.9. The highest BCUT2D eigenvalue weighted by atomic mass is 32.2. The van der Waals surface area contributed by atoms with Crippen molar-refractivity contribution in [3.05, 3.63) is 65.4 Å². The Labute approximate surface area is 180 Å². The molecule has 3 aromatic rings. The van der Waals surface area contributed by atoms with Crippen molar-refractivity contribution in [2.45, 2.75) is 24.8 Å². The first-order valence-electron chi connectivity index (χ1n) is 9.79. The van der Waals surface area contributed by atoms with Crippen molar-refractivity contribution in [3.63, 3.8) is 0 Å². The minimum Gasteiger partial charge on any atom is -0.308 e. The summed E-state index contributed by atoms with van der Waals surface area (Å²) in [5.41, 5.74) is 6.37. The maximum absolute atomic E-state index is 12.9. The summed E-state index contributed by atoms with van der Waals surface area (Å²) in [5.74, 6) is 1.33. The van der Waals surface area contributed by atoms with E-state index in [1.165, 1.54) is 0 Å². The molecular weight excluding hydrogens is 393 g/mol. The van der Waals surface area contributed by atoms with Crippen LogP contribution in [-0.2, 0) is 0 Å². The maximum Gasteiger partial charge on any atom is 0.260 e. The van der Waals surface area contributed by atoms with Crippen molar-refractivity contribution in [2.24, 2.45) is 0 Å². The quantitative estimate of drug-likeness (QED) is 0.515. The van der Waals surface area contributed by atoms with Gasteiger partial charge in [0, 0.05) is 23.9 Å². The number of aryl methyl sites for hydroxylation is 1. The zero-order valence-electron chi connectivity index (χ0n) is 17.2. The van der Waals surface area contributed by atoms with E-state index in [-0.39, 0.29) is 11.8 Å². The number of allylic oxidation sites excluding steroid dienone is 1. The van der Waals surface area contributed by atoms with Crippen LogP contribution in [0.1, 0.15) is 34.5 Å². The summed E-state index contributed by atoms with van der Waals surface area (Å²) in [4.78, 5) is 29.1. The smallest absolute Gasteiger partial charge is 0.260 e. The van der Waals surface area contributed by atoms with Gasteiger partial charge in [0.05, 0.1) is 22.6 Å². The van der Waals surface area contributed by atoms with Crippen LogP contribution in [0.15, 0.2) is 53.6 Å². The Hall–Kier alpha value is -3.13. The third-order valence-electron chi connectivity index (χ3n) is 5.57. The molecule has 0 spiro atoms. The van der Waals surface area contributed by atoms with Crippen molar-refractivity contribution in [1.82, 2.24) is 20.3 Å². The molecule has 0 radical (unpaired) electrons. The predicted octanol–water partition coefficient (Wildman–Crippen LogP) is 2.67. The molecule has 30 heavy (non-hydrogen) atoms. The SMILES string of the molecule is Bc1cc2c(nc1-c1cccnc1SC)N1C(=CC(C)c3nccc(C)c31)NC2=O. The van der Waals surface area contributed by atoms with E-state index in [0.717, 1.165) is 44.5 Å². The van der Waals surface area contributed by atoms with Crippen LogP contribution < -0.4 is 15.7 Å². The molecule has 0 aromatic carbocycles. The summed E-state index contributed by atoms with van der Waals surface area (Å²) in [7, 11) is 1.98. The van der Waals surface area contributed by atoms with Gasteiger partial charge in [0.25, 0.3) is 5.91 Å². The molecule has 148 valence electrons. The number of pyridine rings is 3. The molecule has 0 saturated heterocycles. The molecule has 2 aliphatic rings. The van der Waals surface area contributed by atoms with Crippen LogP contribution in [0.4, 0.5) is 11.5 Å². The van der Waals surface area contributed by atoms with Crippen LogP contribution in [0.3, 0.4) is 0 Å². The average Bonchev–Trinajstić information content (AvgIpc) is 2.74. The highest BCUT2D eigenvalue weighted by Crippen LogP contribution is 2.44. The number of amides is 1. The monoisotopic (exact) mass is 413 g/mol. The van der Waals surface area contributed by atoms with Crippen LogP contribution in [0, 0.1) is 6.92 Å². The van der Waals surface area contributed by atoms with Crippen molar-refractivity contribution >= 4 is 42.5 Å². The van der Waals surface area contributed by atoms with Gasteiger partial charge >= 0.3 is 0 Å². The molecule has 3 aromatic heterocycles. The Kier molecular flexibility index (Phi) is 4.40. The van der Waals surface area contributed by atoms with E-state index in [9.17, 15) is 4.79 Å². The lowest BCUT2D eigenvalue weighted by Crippen LogP contribution is -2.42. The fourth-order valence-electron chi connectivity index (χ4n) is 4.16. The largest absolute Gasteiger partial charge is 0.308 e. The number of aromatic nitrogens is 3. The number of carbonyl (C=O) groups excluding carboxylic acids is 1. The van der Waals surface area contributed by atoms with Crippen LogP contribution >= 0.6 is 11.8 Å². The zero-order valence-corrected chi connectivity index (χ0v) is 18.0. The molecule has 1 N–H and O–H groups in total. The molecule has 0 aliphatic carbocycles. The molecule has 8 heteroatoms. The Morgan fingerprint density at radius 1 is 1.20 bits per heavy atom. The van der Waals surface area contributed by atoms with Crippen molar-refractivity contribution in [3.8, 4) is 11.3 Å². The number of thioether (sulfide) groups is 1. The van der Waals surface area contributed by atoms with Crippen molar-refractivity contribution < 1.29 is 4.79 Å². The van der Waals surface area contributed by atoms with E-state index < -0.39 is 0 Å². The van der Waals surface area contributed by atoms with Gasteiger partial charge in [-0.1, -0.05) is 12.4 Å². The normalized spacial score (nSPS) is 16.9. The van der Waals surface area contributed by atoms with Gasteiger partial charge in [0.2, 0.25) is 0 Å². The summed E-state index contributed by atoms with van der Waals surface area (Å²) in [6, 6.07) is 7.86. The van der Waals surface area contributed by atoms with Crippen LogP contribution in [-0.4, -0.2) is 35.0 Å². The van der Waals surface area contributed by atoms with Gasteiger partial charge in [0.15, 0.2) is 5.82 Å². The van der Waals surface area contributed by atoms with Gasteiger partial charge in [0.1, 0.15) is 18.7 Å². The number of carbonyl (C=O) groups is 1. The molecule has 0 saturated carbocycles. The van der Waals surface area contributed by atoms with E-state index >= 15 is 0 Å². The van der Waals surface area contributed by atoms with E-state index in [0.29, 0.717) is 11.4 Å². The lowest BCUT2D eigenvalue weighted by molar-refractivity contribution is 0.0961. The molecule has 1 unspecified atom stereocenters. The zero-order chi connectivity index (χ0) is 21.0. The number of rotatable bonds is 2. The highest BCUT2D eigenvalue weighted by Gasteiger charge is 2.36. The van der Waals surface area contributed by atoms with E-state index in [4.69, 9.17) is 4.98 Å². The third kappa shape index (κ3) is 2.74. The average molecular weight is 413 g/mol. The van der Waals surface area contributed by atoms with E-state index in [2.05, 4.69) is 29.1 Å². The van der Waals surface area contributed by atoms with Crippen molar-refractivity contribution in [1.29, 1.82) is 0 Å². The summed E-state index contributed by atoms with van der Waals surface area (Å²) in [6.45, 7) is 4.15. The van der Waals surface area contributed by atoms with Crippen molar-refractivity contribution in [2.75, 3.05) is 11.2 Å². The molecular formula is C22H20BN5OS. The molecule has 5 rings (SSSR count). The summed E-state index contributed by atoms with van der Waals surface area (Å²) in [5, 5.41) is 3.96. The van der Waals surface area contributed by atoms with Crippen LogP contribution in [0.5, 0.6) is 0 Å². The Morgan fingerprint density at radius 3 is 2.83 bits per heavy atom. The van der Waals surface area contributed by atoms with E-state index in [1.54, 1.807) is 18.0 Å². The minimum atomic E-state index is -0.136. The predicted molar refractivity (Wildman–Crippen MR) is 123 cm³/mol. The first-order valence-corrected chi connectivity index (χ1v) is 11.0. The molecule has 1 amide bonds. The summed E-state index contributed by atoms with van der Waals surface area (Å²) >= 11 is 1.59. The molecule has 1 atom stereocenters. The fourth-order valence-corrected chi connectivity index (χ4v) is 4.71. The Bertz CT molecular complexity index is 1240. The van der Waals surface area contributed by atoms with Crippen LogP contribution in [0.2, 0.25) is 0 Å². The second-order valence-corrected chi connectivity index (χ2v) is 8.37. The highest BCUT2D eigenvalue weighted by molar-refractivity contribution is 7.98. The molecule has 5 heterocycles. The first-order chi connectivity index (χ1) is 14.5. The second kappa shape index (κ2) is 6.99. The Morgan fingerprint density at radius 2 is 2.03 bits per heavy atom. The second-order valence-electron chi connectivity index (χ2n) is 7.58. The lowest BCUT2D eigenvalue weighted by Gasteiger charge is -2.38. The molecule has 0 bridgehead atoms. The van der Waals surface area contributed by atoms with Gasteiger partial charge in [-0.2, -0.15) is 0 Å². The maximum atomic E-state index is 12.9. The minimum absolute atomic E-state index is 0.0966. The van der Waals surface area contributed by atoms with Gasteiger partial charge in [-0.15, -0.1) is 11.8 Å². The fraction of sp³-hybridized carbons (Fsp3) is 0.182. The summed E-state index contributed by atoms with van der Waals surface area (Å²) < 4.78 is 0. The van der Waals surface area contributed by atoms with Gasteiger partial charge < -0.3 is 5.32 Å². The van der Waals surface area contributed by atoms with Gasteiger partial charge in [-0.3, -0.25) is 14.7 Å². The number of hydrogen-bond acceptors (Lipinski definition) is 6. The number of nitrogens with zero attached hydrogens (tertiary/aromatic N) is 4. The molecule has 0 fully saturated rings. The van der Waals surface area contributed by atoms with Gasteiger partial charge in [-0.25, -0.2) is 9.97 Å². The number of hydrogen-bond donors (Lipinski definition) is 1. The standard InChI is InChI=1S/C22H20BN5OS/c1-11-6-8-24-17-12(2)9-16-26-21(29)14-10-15(23)18(27-20(14)28(16)19(11)17)13-5-4-7-25-22(13)30-3/h4-10,12H,23H2,1-3H3,(H,26,29). The number of fused-ring (bicyclic) bond motifs is 5. The number of anilines is 2. The molecule has 2 aliphatic heterocycles. The summed E-state index contributed by atoms with van der Waals surface area (Å²) in [6.07, 6.45) is 7.66. The topological polar surface area (TPSA) is 71.0 Å². The van der Waals surface area contributed by atoms with Crippen LogP contribution in [0.25, 0.3) is 11.3 Å². The lowest BCUT2D eigenvalue weighted by atomic mass is 9.88. The van der Waals surface area contributed by atoms with E-state index in [1.807, 2.05) is 55.5 Å². The third-order valence-corrected chi connectivity index (χ3v) is 6.28. The van der Waals surface area contributed by atoms with Gasteiger partial charge in [-0.05, 0) is 49.1 Å².